The molecule has 0 saturated carbocycles. The minimum Gasteiger partial charge on any atom is -0.388 e. The Bertz CT molecular complexity index is 331. The largest absolute Gasteiger partial charge is 0.388 e. The van der Waals surface area contributed by atoms with Crippen LogP contribution in [-0.4, -0.2) is 38.1 Å². The molecule has 1 heterocycles. The average Bonchev–Trinajstić information content (AvgIpc) is 2.55. The minimum absolute atomic E-state index is 0.0509. The van der Waals surface area contributed by atoms with Gasteiger partial charge in [0.1, 0.15) is 18.9 Å². The quantitative estimate of drug-likeness (QED) is 0.474. The van der Waals surface area contributed by atoms with Gasteiger partial charge in [-0.15, -0.1) is 0 Å². The molecule has 1 aromatic heterocycles. The zero-order chi connectivity index (χ0) is 10.8. The van der Waals surface area contributed by atoms with Gasteiger partial charge in [-0.2, -0.15) is 5.10 Å². The van der Waals surface area contributed by atoms with E-state index in [0.717, 1.165) is 0 Å². The Morgan fingerprint density at radius 2 is 2.21 bits per heavy atom. The maximum atomic E-state index is 10.7. The van der Waals surface area contributed by atoms with Crippen LogP contribution in [-0.2, 0) is 12.6 Å². The van der Waals surface area contributed by atoms with Gasteiger partial charge in [0.15, 0.2) is 0 Å². The second-order valence-electron chi connectivity index (χ2n) is 2.98. The summed E-state index contributed by atoms with van der Waals surface area (Å²) < 4.78 is 1.37. The lowest BCUT2D eigenvalue weighted by atomic mass is 9.99. The van der Waals surface area contributed by atoms with Gasteiger partial charge in [-0.25, -0.2) is 0 Å². The summed E-state index contributed by atoms with van der Waals surface area (Å²) in [6.07, 6.45) is 1.51. The lowest BCUT2D eigenvalue weighted by molar-refractivity contribution is -0.587. The second kappa shape index (κ2) is 3.72. The predicted octanol–water partition coefficient (Wildman–Crippen LogP) is -1.12. The molecule has 0 amide bonds. The van der Waals surface area contributed by atoms with Crippen LogP contribution in [0.2, 0.25) is 0 Å². The summed E-state index contributed by atoms with van der Waals surface area (Å²) in [7, 11) is 1.60. The van der Waals surface area contributed by atoms with Crippen LogP contribution in [0.5, 0.6) is 0 Å². The second-order valence-corrected chi connectivity index (χ2v) is 2.98. The predicted molar refractivity (Wildman–Crippen MR) is 46.1 cm³/mol. The fourth-order valence-electron chi connectivity index (χ4n) is 1.08. The molecule has 0 spiro atoms. The maximum Gasteiger partial charge on any atom is 0.310 e. The minimum atomic E-state index is -1.90. The van der Waals surface area contributed by atoms with Crippen molar-refractivity contribution in [3.05, 3.63) is 28.1 Å². The topological polar surface area (TPSA) is 101 Å². The van der Waals surface area contributed by atoms with Gasteiger partial charge in [-0.05, 0) is 6.07 Å². The molecule has 14 heavy (non-hydrogen) atoms. The van der Waals surface area contributed by atoms with Gasteiger partial charge < -0.3 is 10.2 Å². The van der Waals surface area contributed by atoms with Crippen molar-refractivity contribution in [2.75, 3.05) is 13.2 Å². The molecule has 0 aliphatic heterocycles. The van der Waals surface area contributed by atoms with Gasteiger partial charge in [0.2, 0.25) is 0 Å². The highest BCUT2D eigenvalue weighted by atomic mass is 16.6. The molecule has 0 saturated heterocycles. The van der Waals surface area contributed by atoms with Gasteiger partial charge in [0, 0.05) is 18.2 Å². The molecular weight excluding hydrogens is 190 g/mol. The first-order valence-electron chi connectivity index (χ1n) is 3.93. The third kappa shape index (κ3) is 1.47. The van der Waals surface area contributed by atoms with Crippen LogP contribution in [0.1, 0.15) is 5.69 Å². The molecule has 0 aliphatic carbocycles. The normalized spacial score (nSPS) is 11.6. The molecule has 7 nitrogen and oxygen atoms in total. The number of nitrogens with zero attached hydrogens (tertiary/aromatic N) is 3. The summed E-state index contributed by atoms with van der Waals surface area (Å²) in [6, 6.07) is 1.40. The van der Waals surface area contributed by atoms with E-state index in [4.69, 9.17) is 10.2 Å². The molecule has 1 rings (SSSR count). The summed E-state index contributed by atoms with van der Waals surface area (Å²) in [5.74, 6) is 0. The monoisotopic (exact) mass is 201 g/mol. The van der Waals surface area contributed by atoms with Crippen LogP contribution in [0.3, 0.4) is 0 Å². The van der Waals surface area contributed by atoms with E-state index in [2.05, 4.69) is 5.10 Å². The third-order valence-electron chi connectivity index (χ3n) is 2.06. The van der Waals surface area contributed by atoms with Gasteiger partial charge in [0.25, 0.3) is 0 Å². The first-order valence-corrected chi connectivity index (χ1v) is 3.93. The van der Waals surface area contributed by atoms with Gasteiger partial charge in [0.05, 0.1) is 0 Å². The van der Waals surface area contributed by atoms with E-state index < -0.39 is 23.7 Å². The molecule has 0 unspecified atom stereocenters. The van der Waals surface area contributed by atoms with E-state index in [0.29, 0.717) is 0 Å². The van der Waals surface area contributed by atoms with E-state index in [1.807, 2.05) is 0 Å². The smallest absolute Gasteiger partial charge is 0.310 e. The van der Waals surface area contributed by atoms with Crippen LogP contribution < -0.4 is 0 Å². The number of aliphatic hydroxyl groups is 2. The van der Waals surface area contributed by atoms with Crippen molar-refractivity contribution in [2.24, 2.45) is 7.05 Å². The Hall–Kier alpha value is -1.47. The van der Waals surface area contributed by atoms with Crippen molar-refractivity contribution in [1.82, 2.24) is 9.78 Å². The molecule has 78 valence electrons. The molecule has 0 aliphatic rings. The van der Waals surface area contributed by atoms with Crippen molar-refractivity contribution in [3.8, 4) is 0 Å². The number of hydrogen-bond acceptors (Lipinski definition) is 5. The van der Waals surface area contributed by atoms with Crippen molar-refractivity contribution in [3.63, 3.8) is 0 Å². The lowest BCUT2D eigenvalue weighted by Crippen LogP contribution is -2.43. The molecular formula is C7H11N3O4. The summed E-state index contributed by atoms with van der Waals surface area (Å²) in [4.78, 5) is 10.0. The standard InChI is InChI=1S/C7H11N3O4/c1-9-3-2-6(8-9)7(4-11,5-12)10(13)14/h2-3,11-12H,4-5H2,1H3. The highest BCUT2D eigenvalue weighted by Gasteiger charge is 2.46. The summed E-state index contributed by atoms with van der Waals surface area (Å²) in [5.41, 5.74) is -1.85. The van der Waals surface area contributed by atoms with Crippen molar-refractivity contribution < 1.29 is 15.1 Å². The Balaban J connectivity index is 3.16. The van der Waals surface area contributed by atoms with Gasteiger partial charge in [-0.1, -0.05) is 0 Å². The Kier molecular flexibility index (Phi) is 2.82. The van der Waals surface area contributed by atoms with Crippen LogP contribution in [0.4, 0.5) is 0 Å². The third-order valence-corrected chi connectivity index (χ3v) is 2.06. The van der Waals surface area contributed by atoms with Crippen LogP contribution in [0.25, 0.3) is 0 Å². The van der Waals surface area contributed by atoms with E-state index in [9.17, 15) is 10.1 Å². The molecule has 0 radical (unpaired) electrons. The molecule has 7 heteroatoms. The number of aliphatic hydroxyl groups excluding tert-OH is 2. The SMILES string of the molecule is Cn1ccc(C(CO)(CO)[N+](=O)[O-])n1. The fraction of sp³-hybridized carbons (Fsp3) is 0.571. The highest BCUT2D eigenvalue weighted by molar-refractivity contribution is 5.10. The van der Waals surface area contributed by atoms with E-state index in [1.54, 1.807) is 7.05 Å². The summed E-state index contributed by atoms with van der Waals surface area (Å²) >= 11 is 0. The van der Waals surface area contributed by atoms with Crippen LogP contribution in [0.15, 0.2) is 12.3 Å². The zero-order valence-corrected chi connectivity index (χ0v) is 7.62. The summed E-state index contributed by atoms with van der Waals surface area (Å²) in [5, 5.41) is 32.4. The number of aryl methyl sites for hydroxylation is 1. The van der Waals surface area contributed by atoms with Crippen molar-refractivity contribution >= 4 is 0 Å². The van der Waals surface area contributed by atoms with Crippen LogP contribution in [0, 0.1) is 10.1 Å². The maximum absolute atomic E-state index is 10.7. The first-order chi connectivity index (χ1) is 6.56. The Morgan fingerprint density at radius 3 is 2.50 bits per heavy atom. The van der Waals surface area contributed by atoms with Crippen LogP contribution >= 0.6 is 0 Å². The molecule has 0 bridgehead atoms. The average molecular weight is 201 g/mol. The van der Waals surface area contributed by atoms with E-state index in [-0.39, 0.29) is 5.69 Å². The van der Waals surface area contributed by atoms with Crippen molar-refractivity contribution in [2.45, 2.75) is 5.54 Å². The number of aromatic nitrogens is 2. The number of nitro groups is 1. The van der Waals surface area contributed by atoms with Gasteiger partial charge >= 0.3 is 5.54 Å². The van der Waals surface area contributed by atoms with Gasteiger partial charge in [-0.3, -0.25) is 14.8 Å². The van der Waals surface area contributed by atoms with Crippen molar-refractivity contribution in [1.29, 1.82) is 0 Å². The molecule has 1 aromatic rings. The van der Waals surface area contributed by atoms with E-state index >= 15 is 0 Å². The lowest BCUT2D eigenvalue weighted by Gasteiger charge is -2.17. The molecule has 2 N–H and O–H groups in total. The van der Waals surface area contributed by atoms with E-state index in [1.165, 1.54) is 16.9 Å². The number of rotatable bonds is 4. The zero-order valence-electron chi connectivity index (χ0n) is 7.62. The Morgan fingerprint density at radius 1 is 1.64 bits per heavy atom. The first kappa shape index (κ1) is 10.6. The summed E-state index contributed by atoms with van der Waals surface area (Å²) in [6.45, 7) is -1.57. The molecule has 0 atom stereocenters. The number of hydrogen-bond donors (Lipinski definition) is 2. The molecule has 0 aromatic carbocycles. The Labute approximate surface area is 79.7 Å². The fourth-order valence-corrected chi connectivity index (χ4v) is 1.08. The highest BCUT2D eigenvalue weighted by Crippen LogP contribution is 2.21. The molecule has 0 fully saturated rings.